The maximum Gasteiger partial charge on any atom is 0.142 e. The monoisotopic (exact) mass is 321 g/mol. The standard InChI is InChI=1S/C18H16FN5/c1-10-17(11(2)24(3)23-10)16-8-14(15(9-20)18(21)22-16)12-4-6-13(19)7-5-12/h4-8H,1-3H3,(H2,21,22). The number of benzene rings is 1. The lowest BCUT2D eigenvalue weighted by Crippen LogP contribution is -2.01. The van der Waals surface area contributed by atoms with Crippen LogP contribution >= 0.6 is 0 Å². The van der Waals surface area contributed by atoms with Crippen LogP contribution < -0.4 is 5.73 Å². The van der Waals surface area contributed by atoms with E-state index in [0.717, 1.165) is 17.0 Å². The van der Waals surface area contributed by atoms with Crippen molar-refractivity contribution < 1.29 is 4.39 Å². The molecule has 0 saturated carbocycles. The minimum atomic E-state index is -0.335. The third-order valence-electron chi connectivity index (χ3n) is 4.08. The van der Waals surface area contributed by atoms with Crippen molar-refractivity contribution in [3.63, 3.8) is 0 Å². The van der Waals surface area contributed by atoms with E-state index in [-0.39, 0.29) is 17.2 Å². The Labute approximate surface area is 139 Å². The fourth-order valence-electron chi connectivity index (χ4n) is 2.81. The number of nitrogens with zero attached hydrogens (tertiary/aromatic N) is 4. The first kappa shape index (κ1) is 15.7. The second-order valence-electron chi connectivity index (χ2n) is 5.60. The topological polar surface area (TPSA) is 80.5 Å². The molecule has 120 valence electrons. The number of aryl methyl sites for hydroxylation is 2. The lowest BCUT2D eigenvalue weighted by Gasteiger charge is -2.10. The van der Waals surface area contributed by atoms with Gasteiger partial charge in [0.2, 0.25) is 0 Å². The van der Waals surface area contributed by atoms with Crippen molar-refractivity contribution in [2.45, 2.75) is 13.8 Å². The normalized spacial score (nSPS) is 10.6. The molecule has 0 atom stereocenters. The second-order valence-corrected chi connectivity index (χ2v) is 5.60. The van der Waals surface area contributed by atoms with Crippen LogP contribution in [0.5, 0.6) is 0 Å². The molecule has 0 aliphatic carbocycles. The van der Waals surface area contributed by atoms with Crippen molar-refractivity contribution in [1.82, 2.24) is 14.8 Å². The van der Waals surface area contributed by atoms with Gasteiger partial charge in [-0.25, -0.2) is 9.37 Å². The Balaban J connectivity index is 2.28. The quantitative estimate of drug-likeness (QED) is 0.785. The number of nitrogen functional groups attached to an aromatic ring is 1. The molecule has 0 aliphatic heterocycles. The van der Waals surface area contributed by atoms with Gasteiger partial charge in [0.1, 0.15) is 23.3 Å². The predicted octanol–water partition coefficient (Wildman–Crippen LogP) is 3.36. The highest BCUT2D eigenvalue weighted by atomic mass is 19.1. The Morgan fingerprint density at radius 2 is 1.88 bits per heavy atom. The summed E-state index contributed by atoms with van der Waals surface area (Å²) in [6, 6.07) is 9.85. The van der Waals surface area contributed by atoms with Gasteiger partial charge in [-0.15, -0.1) is 0 Å². The van der Waals surface area contributed by atoms with Gasteiger partial charge in [0, 0.05) is 23.9 Å². The molecule has 0 fully saturated rings. The Hall–Kier alpha value is -3.20. The summed E-state index contributed by atoms with van der Waals surface area (Å²) in [7, 11) is 1.86. The zero-order chi connectivity index (χ0) is 17.4. The van der Waals surface area contributed by atoms with Gasteiger partial charge in [-0.05, 0) is 37.6 Å². The summed E-state index contributed by atoms with van der Waals surface area (Å²) in [4.78, 5) is 4.38. The fourth-order valence-corrected chi connectivity index (χ4v) is 2.81. The smallest absolute Gasteiger partial charge is 0.142 e. The molecule has 0 aliphatic rings. The average molecular weight is 321 g/mol. The zero-order valence-corrected chi connectivity index (χ0v) is 13.6. The van der Waals surface area contributed by atoms with Crippen molar-refractivity contribution in [1.29, 1.82) is 5.26 Å². The van der Waals surface area contributed by atoms with Crippen LogP contribution in [-0.2, 0) is 7.05 Å². The molecule has 2 heterocycles. The van der Waals surface area contributed by atoms with Crippen LogP contribution in [0.3, 0.4) is 0 Å². The number of pyridine rings is 1. The molecular weight excluding hydrogens is 305 g/mol. The third-order valence-corrected chi connectivity index (χ3v) is 4.08. The van der Waals surface area contributed by atoms with E-state index in [1.165, 1.54) is 12.1 Å². The summed E-state index contributed by atoms with van der Waals surface area (Å²) in [6.07, 6.45) is 0. The lowest BCUT2D eigenvalue weighted by atomic mass is 9.98. The van der Waals surface area contributed by atoms with E-state index in [1.807, 2.05) is 20.9 Å². The number of halogens is 1. The van der Waals surface area contributed by atoms with E-state index in [9.17, 15) is 9.65 Å². The van der Waals surface area contributed by atoms with Gasteiger partial charge in [0.05, 0.1) is 11.4 Å². The molecule has 3 rings (SSSR count). The predicted molar refractivity (Wildman–Crippen MR) is 90.4 cm³/mol. The van der Waals surface area contributed by atoms with Crippen LogP contribution in [0.15, 0.2) is 30.3 Å². The third kappa shape index (κ3) is 2.50. The van der Waals surface area contributed by atoms with Gasteiger partial charge in [-0.1, -0.05) is 12.1 Å². The summed E-state index contributed by atoms with van der Waals surface area (Å²) in [5, 5.41) is 13.8. The molecule has 0 saturated heterocycles. The minimum absolute atomic E-state index is 0.150. The number of hydrogen-bond donors (Lipinski definition) is 1. The van der Waals surface area contributed by atoms with Gasteiger partial charge in [-0.3, -0.25) is 4.68 Å². The van der Waals surface area contributed by atoms with E-state index < -0.39 is 0 Å². The highest BCUT2D eigenvalue weighted by molar-refractivity contribution is 5.81. The van der Waals surface area contributed by atoms with Crippen molar-refractivity contribution in [2.24, 2.45) is 7.05 Å². The number of aromatic nitrogens is 3. The maximum absolute atomic E-state index is 13.2. The Kier molecular flexibility index (Phi) is 3.78. The van der Waals surface area contributed by atoms with Crippen molar-refractivity contribution in [2.75, 3.05) is 5.73 Å². The molecule has 24 heavy (non-hydrogen) atoms. The minimum Gasteiger partial charge on any atom is -0.383 e. The molecule has 0 spiro atoms. The van der Waals surface area contributed by atoms with E-state index >= 15 is 0 Å². The summed E-state index contributed by atoms with van der Waals surface area (Å²) in [6.45, 7) is 3.85. The van der Waals surface area contributed by atoms with Gasteiger partial charge in [0.15, 0.2) is 0 Å². The number of nitrogens with two attached hydrogens (primary N) is 1. The van der Waals surface area contributed by atoms with Crippen LogP contribution in [0.2, 0.25) is 0 Å². The first-order valence-electron chi connectivity index (χ1n) is 7.39. The molecular formula is C18H16FN5. The molecule has 3 aromatic rings. The first-order chi connectivity index (χ1) is 11.4. The van der Waals surface area contributed by atoms with Gasteiger partial charge in [0.25, 0.3) is 0 Å². The molecule has 2 aromatic heterocycles. The van der Waals surface area contributed by atoms with Crippen LogP contribution in [0.25, 0.3) is 22.4 Å². The van der Waals surface area contributed by atoms with Crippen LogP contribution in [-0.4, -0.2) is 14.8 Å². The molecule has 0 amide bonds. The fraction of sp³-hybridized carbons (Fsp3) is 0.167. The Morgan fingerprint density at radius 3 is 2.42 bits per heavy atom. The number of nitriles is 1. The maximum atomic E-state index is 13.2. The Morgan fingerprint density at radius 1 is 1.21 bits per heavy atom. The summed E-state index contributed by atoms with van der Waals surface area (Å²) < 4.78 is 15.0. The highest BCUT2D eigenvalue weighted by Crippen LogP contribution is 2.33. The molecule has 2 N–H and O–H groups in total. The van der Waals surface area contributed by atoms with E-state index in [0.29, 0.717) is 16.8 Å². The average Bonchev–Trinajstić information content (AvgIpc) is 2.80. The van der Waals surface area contributed by atoms with E-state index in [4.69, 9.17) is 5.73 Å². The molecule has 0 bridgehead atoms. The molecule has 0 radical (unpaired) electrons. The van der Waals surface area contributed by atoms with E-state index in [1.54, 1.807) is 22.9 Å². The molecule has 6 heteroatoms. The van der Waals surface area contributed by atoms with Crippen molar-refractivity contribution in [3.8, 4) is 28.5 Å². The highest BCUT2D eigenvalue weighted by Gasteiger charge is 2.18. The SMILES string of the molecule is Cc1nn(C)c(C)c1-c1cc(-c2ccc(F)cc2)c(C#N)c(N)n1. The van der Waals surface area contributed by atoms with E-state index in [2.05, 4.69) is 16.2 Å². The lowest BCUT2D eigenvalue weighted by molar-refractivity contribution is 0.628. The van der Waals surface area contributed by atoms with Gasteiger partial charge >= 0.3 is 0 Å². The van der Waals surface area contributed by atoms with Crippen LogP contribution in [0, 0.1) is 31.0 Å². The Bertz CT molecular complexity index is 965. The van der Waals surface area contributed by atoms with Gasteiger partial charge < -0.3 is 5.73 Å². The van der Waals surface area contributed by atoms with Gasteiger partial charge in [-0.2, -0.15) is 10.4 Å². The second kappa shape index (κ2) is 5.78. The molecule has 1 aromatic carbocycles. The van der Waals surface area contributed by atoms with Crippen LogP contribution in [0.1, 0.15) is 17.0 Å². The largest absolute Gasteiger partial charge is 0.383 e. The summed E-state index contributed by atoms with van der Waals surface area (Å²) in [5.41, 5.74) is 10.9. The summed E-state index contributed by atoms with van der Waals surface area (Å²) >= 11 is 0. The van der Waals surface area contributed by atoms with Crippen molar-refractivity contribution in [3.05, 3.63) is 53.1 Å². The molecule has 0 unspecified atom stereocenters. The number of anilines is 1. The van der Waals surface area contributed by atoms with Crippen molar-refractivity contribution >= 4 is 5.82 Å². The number of hydrogen-bond acceptors (Lipinski definition) is 4. The zero-order valence-electron chi connectivity index (χ0n) is 13.6. The molecule has 5 nitrogen and oxygen atoms in total. The van der Waals surface area contributed by atoms with Crippen LogP contribution in [0.4, 0.5) is 10.2 Å². The summed E-state index contributed by atoms with van der Waals surface area (Å²) in [5.74, 6) is -0.185. The first-order valence-corrected chi connectivity index (χ1v) is 7.39. The number of rotatable bonds is 2.